The molecule has 1 aliphatic rings. The van der Waals surface area contributed by atoms with Crippen LogP contribution in [0.5, 0.6) is 0 Å². The summed E-state index contributed by atoms with van der Waals surface area (Å²) in [6.07, 6.45) is 1.28. The minimum Gasteiger partial charge on any atom is -0.457 e. The molecule has 2 heterocycles. The van der Waals surface area contributed by atoms with Crippen LogP contribution in [0.3, 0.4) is 0 Å². The van der Waals surface area contributed by atoms with Gasteiger partial charge in [0.25, 0.3) is 11.6 Å². The topological polar surface area (TPSA) is 135 Å². The summed E-state index contributed by atoms with van der Waals surface area (Å²) in [6.45, 7) is 1.38. The van der Waals surface area contributed by atoms with Gasteiger partial charge < -0.3 is 15.1 Å². The molecule has 2 aromatic carbocycles. The van der Waals surface area contributed by atoms with Gasteiger partial charge in [0, 0.05) is 23.4 Å². The second kappa shape index (κ2) is 9.61. The number of anilines is 1. The number of amides is 4. The van der Waals surface area contributed by atoms with Crippen molar-refractivity contribution in [1.29, 1.82) is 0 Å². The van der Waals surface area contributed by atoms with E-state index < -0.39 is 29.3 Å². The average molecular weight is 515 g/mol. The van der Waals surface area contributed by atoms with Crippen molar-refractivity contribution < 1.29 is 23.7 Å². The lowest BCUT2D eigenvalue weighted by molar-refractivity contribution is -0.384. The van der Waals surface area contributed by atoms with Crippen LogP contribution in [0.4, 0.5) is 16.2 Å². The van der Waals surface area contributed by atoms with E-state index in [0.717, 1.165) is 10.5 Å². The zero-order chi connectivity index (χ0) is 25.3. The maximum absolute atomic E-state index is 12.7. The van der Waals surface area contributed by atoms with Crippen LogP contribution in [0.25, 0.3) is 17.4 Å². The van der Waals surface area contributed by atoms with Crippen LogP contribution < -0.4 is 10.6 Å². The molecule has 1 fully saturated rings. The number of hydrogen-bond acceptors (Lipinski definition) is 6. The number of urea groups is 1. The molecule has 0 atom stereocenters. The van der Waals surface area contributed by atoms with E-state index in [1.54, 1.807) is 18.2 Å². The Morgan fingerprint density at radius 1 is 1.17 bits per heavy atom. The number of halogens is 2. The van der Waals surface area contributed by atoms with Gasteiger partial charge in [-0.25, -0.2) is 9.69 Å². The maximum Gasteiger partial charge on any atom is 0.329 e. The molecule has 4 rings (SSSR count). The van der Waals surface area contributed by atoms with Gasteiger partial charge in [0.15, 0.2) is 0 Å². The Hall–Kier alpha value is -4.15. The molecule has 3 aromatic rings. The Labute approximate surface area is 208 Å². The number of nitrogens with zero attached hydrogens (tertiary/aromatic N) is 2. The van der Waals surface area contributed by atoms with Crippen molar-refractivity contribution in [3.63, 3.8) is 0 Å². The van der Waals surface area contributed by atoms with Crippen molar-refractivity contribution in [2.24, 2.45) is 0 Å². The van der Waals surface area contributed by atoms with Crippen molar-refractivity contribution in [1.82, 2.24) is 10.2 Å². The highest BCUT2D eigenvalue weighted by Gasteiger charge is 2.35. The summed E-state index contributed by atoms with van der Waals surface area (Å²) >= 11 is 12.0. The highest BCUT2D eigenvalue weighted by Crippen LogP contribution is 2.37. The first-order chi connectivity index (χ1) is 16.6. The minimum atomic E-state index is -0.760. The Morgan fingerprint density at radius 3 is 2.66 bits per heavy atom. The Morgan fingerprint density at radius 2 is 1.94 bits per heavy atom. The fraction of sp³-hybridized carbons (Fsp3) is 0.0870. The van der Waals surface area contributed by atoms with Crippen molar-refractivity contribution in [2.45, 2.75) is 6.92 Å². The summed E-state index contributed by atoms with van der Waals surface area (Å²) in [5.41, 5.74) is 1.26. The van der Waals surface area contributed by atoms with Gasteiger partial charge in [0.2, 0.25) is 5.91 Å². The van der Waals surface area contributed by atoms with E-state index in [4.69, 9.17) is 27.6 Å². The monoisotopic (exact) mass is 514 g/mol. The van der Waals surface area contributed by atoms with Gasteiger partial charge in [0.1, 0.15) is 28.8 Å². The summed E-state index contributed by atoms with van der Waals surface area (Å²) in [7, 11) is 0. The fourth-order valence-electron chi connectivity index (χ4n) is 3.37. The molecule has 0 radical (unpaired) electrons. The van der Waals surface area contributed by atoms with Gasteiger partial charge in [-0.3, -0.25) is 19.7 Å². The first-order valence-electron chi connectivity index (χ1n) is 10.1. The molecule has 1 aliphatic heterocycles. The summed E-state index contributed by atoms with van der Waals surface area (Å²) in [6, 6.07) is 11.7. The molecule has 0 bridgehead atoms. The normalized spacial score (nSPS) is 14.4. The molecular formula is C23H16Cl2N4O6. The van der Waals surface area contributed by atoms with E-state index in [1.807, 2.05) is 13.0 Å². The van der Waals surface area contributed by atoms with Crippen LogP contribution in [-0.2, 0) is 9.59 Å². The van der Waals surface area contributed by atoms with E-state index in [0.29, 0.717) is 5.69 Å². The van der Waals surface area contributed by atoms with Crippen molar-refractivity contribution in [2.75, 3.05) is 11.9 Å². The van der Waals surface area contributed by atoms with Crippen molar-refractivity contribution in [3.05, 3.63) is 85.7 Å². The predicted octanol–water partition coefficient (Wildman–Crippen LogP) is 5.00. The number of aryl methyl sites for hydroxylation is 1. The molecule has 178 valence electrons. The lowest BCUT2D eigenvalue weighted by Gasteiger charge is -2.12. The third-order valence-corrected chi connectivity index (χ3v) is 5.59. The quantitative estimate of drug-likeness (QED) is 0.205. The van der Waals surface area contributed by atoms with E-state index in [-0.39, 0.29) is 38.5 Å². The first kappa shape index (κ1) is 24.0. The van der Waals surface area contributed by atoms with Gasteiger partial charge >= 0.3 is 6.03 Å². The SMILES string of the molecule is Cc1cccc(NC(=O)CN2C(=O)N/C(=C/c3ccc(-c4cc([N+](=O)[O-])c(Cl)cc4Cl)o3)C2=O)c1. The molecule has 0 spiro atoms. The lowest BCUT2D eigenvalue weighted by atomic mass is 10.1. The Balaban J connectivity index is 1.50. The molecule has 4 amide bonds. The average Bonchev–Trinajstić information content (AvgIpc) is 3.33. The molecule has 1 aromatic heterocycles. The fourth-order valence-corrected chi connectivity index (χ4v) is 3.91. The van der Waals surface area contributed by atoms with E-state index in [1.165, 1.54) is 30.3 Å². The Kier molecular flexibility index (Phi) is 6.59. The number of carbonyl (C=O) groups excluding carboxylic acids is 3. The second-order valence-corrected chi connectivity index (χ2v) is 8.35. The number of nitrogens with one attached hydrogen (secondary N) is 2. The zero-order valence-electron chi connectivity index (χ0n) is 18.0. The predicted molar refractivity (Wildman–Crippen MR) is 129 cm³/mol. The van der Waals surface area contributed by atoms with E-state index in [2.05, 4.69) is 10.6 Å². The molecule has 12 heteroatoms. The number of nitro groups is 1. The standard InChI is InChI=1S/C23H16Cl2N4O6/c1-12-3-2-4-13(7-12)26-21(30)11-28-22(31)18(27-23(28)32)8-14-5-6-20(35-14)15-9-19(29(33)34)17(25)10-16(15)24/h2-10H,11H2,1H3,(H,26,30)(H,27,32)/b18-8+. The molecule has 0 aliphatic carbocycles. The van der Waals surface area contributed by atoms with Crippen LogP contribution in [0.2, 0.25) is 10.0 Å². The third-order valence-electron chi connectivity index (χ3n) is 4.98. The highest BCUT2D eigenvalue weighted by atomic mass is 35.5. The van der Waals surface area contributed by atoms with Crippen LogP contribution in [-0.4, -0.2) is 34.2 Å². The molecule has 2 N–H and O–H groups in total. The largest absolute Gasteiger partial charge is 0.457 e. The first-order valence-corrected chi connectivity index (χ1v) is 10.8. The van der Waals surface area contributed by atoms with Gasteiger partial charge in [-0.2, -0.15) is 0 Å². The number of hydrogen-bond donors (Lipinski definition) is 2. The van der Waals surface area contributed by atoms with Crippen LogP contribution in [0.15, 0.2) is 58.6 Å². The minimum absolute atomic E-state index is 0.104. The molecular weight excluding hydrogens is 499 g/mol. The lowest BCUT2D eigenvalue weighted by Crippen LogP contribution is -2.38. The molecule has 1 saturated heterocycles. The van der Waals surface area contributed by atoms with Gasteiger partial charge in [0.05, 0.1) is 9.95 Å². The summed E-state index contributed by atoms with van der Waals surface area (Å²) in [5, 5.41) is 16.2. The summed E-state index contributed by atoms with van der Waals surface area (Å²) in [5.74, 6) is -0.900. The molecule has 0 unspecified atom stereocenters. The third kappa shape index (κ3) is 5.18. The second-order valence-electron chi connectivity index (χ2n) is 7.54. The molecule has 35 heavy (non-hydrogen) atoms. The molecule has 0 saturated carbocycles. The molecule has 10 nitrogen and oxygen atoms in total. The van der Waals surface area contributed by atoms with E-state index >= 15 is 0 Å². The number of furan rings is 1. The zero-order valence-corrected chi connectivity index (χ0v) is 19.5. The smallest absolute Gasteiger partial charge is 0.329 e. The van der Waals surface area contributed by atoms with Crippen molar-refractivity contribution in [3.8, 4) is 11.3 Å². The number of rotatable bonds is 6. The van der Waals surface area contributed by atoms with Crippen LogP contribution in [0, 0.1) is 17.0 Å². The summed E-state index contributed by atoms with van der Waals surface area (Å²) < 4.78 is 5.65. The highest BCUT2D eigenvalue weighted by molar-refractivity contribution is 6.37. The number of benzene rings is 2. The van der Waals surface area contributed by atoms with E-state index in [9.17, 15) is 24.5 Å². The van der Waals surface area contributed by atoms with Gasteiger partial charge in [-0.15, -0.1) is 0 Å². The van der Waals surface area contributed by atoms with Crippen LogP contribution in [0.1, 0.15) is 11.3 Å². The van der Waals surface area contributed by atoms with Crippen LogP contribution >= 0.6 is 23.2 Å². The maximum atomic E-state index is 12.7. The summed E-state index contributed by atoms with van der Waals surface area (Å²) in [4.78, 5) is 48.6. The number of nitro benzene ring substituents is 1. The number of imide groups is 1. The number of carbonyl (C=O) groups is 3. The Bertz CT molecular complexity index is 1410. The van der Waals surface area contributed by atoms with Gasteiger partial charge in [-0.1, -0.05) is 35.3 Å². The van der Waals surface area contributed by atoms with Crippen molar-refractivity contribution >= 4 is 58.5 Å². The van der Waals surface area contributed by atoms with Gasteiger partial charge in [-0.05, 0) is 42.8 Å².